The van der Waals surface area contributed by atoms with Gasteiger partial charge in [0.2, 0.25) is 5.91 Å². The lowest BCUT2D eigenvalue weighted by molar-refractivity contribution is -0.126. The molecule has 2 amide bonds. The average molecular weight is 490 g/mol. The highest BCUT2D eigenvalue weighted by atomic mass is 16.2. The van der Waals surface area contributed by atoms with Crippen molar-refractivity contribution in [3.05, 3.63) is 45.5 Å². The summed E-state index contributed by atoms with van der Waals surface area (Å²) < 4.78 is 0. The number of likely N-dealkylation sites (tertiary alicyclic amines) is 1. The molecule has 4 unspecified atom stereocenters. The van der Waals surface area contributed by atoms with Gasteiger partial charge in [-0.1, -0.05) is 0 Å². The van der Waals surface area contributed by atoms with E-state index in [1.54, 1.807) is 0 Å². The number of aromatic amines is 1. The molecule has 7 heteroatoms. The van der Waals surface area contributed by atoms with E-state index in [1.807, 2.05) is 13.0 Å². The van der Waals surface area contributed by atoms with Gasteiger partial charge in [-0.3, -0.25) is 19.7 Å². The van der Waals surface area contributed by atoms with Crippen LogP contribution in [0.4, 0.5) is 0 Å². The first kappa shape index (κ1) is 23.7. The van der Waals surface area contributed by atoms with Gasteiger partial charge < -0.3 is 10.2 Å². The van der Waals surface area contributed by atoms with Crippen molar-refractivity contribution in [2.24, 2.45) is 17.8 Å². The van der Waals surface area contributed by atoms with Gasteiger partial charge in [-0.2, -0.15) is 5.10 Å². The number of H-pyrrole nitrogens is 1. The average Bonchev–Trinajstić information content (AvgIpc) is 3.27. The molecule has 6 rings (SSSR count). The van der Waals surface area contributed by atoms with Crippen LogP contribution in [0.5, 0.6) is 0 Å². The Balaban J connectivity index is 1.05. The van der Waals surface area contributed by atoms with Crippen LogP contribution in [0.3, 0.4) is 0 Å². The first-order chi connectivity index (χ1) is 17.5. The van der Waals surface area contributed by atoms with Crippen molar-refractivity contribution < 1.29 is 9.59 Å². The number of carbonyl (C=O) groups excluding carboxylic acids is 2. The maximum Gasteiger partial charge on any atom is 0.254 e. The van der Waals surface area contributed by atoms with Crippen molar-refractivity contribution in [1.82, 2.24) is 25.4 Å². The molecule has 0 bridgehead atoms. The Morgan fingerprint density at radius 1 is 1.00 bits per heavy atom. The molecule has 1 aliphatic heterocycles. The van der Waals surface area contributed by atoms with Crippen LogP contribution in [0.2, 0.25) is 0 Å². The van der Waals surface area contributed by atoms with Crippen LogP contribution in [0.25, 0.3) is 0 Å². The van der Waals surface area contributed by atoms with Crippen LogP contribution >= 0.6 is 0 Å². The standard InChI is InChI=1S/C29H39N5O2/c1-17-13-25(23-5-3-4-6-26(23)30-17)29(36)34-12-11-19-14-22(9-7-21(19)16-34)31-28(35)20-8-10-27-24(15-20)18(2)32-33-27/h13,19-22H,3-12,14-16H2,1-2H3,(H,31,35)(H,32,33). The Morgan fingerprint density at radius 2 is 1.86 bits per heavy atom. The second-order valence-corrected chi connectivity index (χ2v) is 11.7. The zero-order valence-electron chi connectivity index (χ0n) is 21.7. The lowest BCUT2D eigenvalue weighted by atomic mass is 9.72. The molecule has 2 aromatic heterocycles. The fourth-order valence-corrected chi connectivity index (χ4v) is 7.32. The van der Waals surface area contributed by atoms with Crippen molar-refractivity contribution in [3.8, 4) is 0 Å². The number of nitrogens with one attached hydrogen (secondary N) is 2. The van der Waals surface area contributed by atoms with Gasteiger partial charge in [0.15, 0.2) is 0 Å². The Labute approximate surface area is 213 Å². The van der Waals surface area contributed by atoms with E-state index in [9.17, 15) is 9.59 Å². The van der Waals surface area contributed by atoms with Gasteiger partial charge in [-0.15, -0.1) is 0 Å². The van der Waals surface area contributed by atoms with Gasteiger partial charge in [-0.25, -0.2) is 0 Å². The highest BCUT2D eigenvalue weighted by Crippen LogP contribution is 2.38. The topological polar surface area (TPSA) is 91.0 Å². The Bertz CT molecular complexity index is 1170. The summed E-state index contributed by atoms with van der Waals surface area (Å²) in [5.41, 5.74) is 7.70. The van der Waals surface area contributed by atoms with Gasteiger partial charge in [0.1, 0.15) is 0 Å². The summed E-state index contributed by atoms with van der Waals surface area (Å²) in [6.45, 7) is 5.73. The fourth-order valence-electron chi connectivity index (χ4n) is 7.32. The van der Waals surface area contributed by atoms with Crippen LogP contribution in [0.1, 0.15) is 89.2 Å². The second kappa shape index (κ2) is 9.64. The third-order valence-corrected chi connectivity index (χ3v) is 9.37. The number of fused-ring (bicyclic) bond motifs is 3. The van der Waals surface area contributed by atoms with Gasteiger partial charge in [0.25, 0.3) is 5.91 Å². The lowest BCUT2D eigenvalue weighted by Gasteiger charge is -2.44. The monoisotopic (exact) mass is 489 g/mol. The van der Waals surface area contributed by atoms with Crippen molar-refractivity contribution in [3.63, 3.8) is 0 Å². The molecule has 1 saturated heterocycles. The van der Waals surface area contributed by atoms with Crippen LogP contribution in [0.15, 0.2) is 6.07 Å². The number of nitrogens with zero attached hydrogens (tertiary/aromatic N) is 3. The van der Waals surface area contributed by atoms with E-state index >= 15 is 0 Å². The van der Waals surface area contributed by atoms with E-state index in [0.717, 1.165) is 106 Å². The minimum Gasteiger partial charge on any atom is -0.353 e. The molecule has 3 aliphatic carbocycles. The van der Waals surface area contributed by atoms with E-state index < -0.39 is 0 Å². The molecule has 2 aromatic rings. The van der Waals surface area contributed by atoms with E-state index in [2.05, 4.69) is 27.3 Å². The van der Waals surface area contributed by atoms with Crippen molar-refractivity contribution >= 4 is 11.8 Å². The normalized spacial score (nSPS) is 27.6. The molecule has 3 heterocycles. The van der Waals surface area contributed by atoms with E-state index in [4.69, 9.17) is 4.98 Å². The van der Waals surface area contributed by atoms with Gasteiger partial charge in [-0.05, 0) is 114 Å². The third kappa shape index (κ3) is 4.46. The summed E-state index contributed by atoms with van der Waals surface area (Å²) >= 11 is 0. The van der Waals surface area contributed by atoms with E-state index in [0.29, 0.717) is 11.8 Å². The maximum absolute atomic E-state index is 13.6. The number of amides is 2. The first-order valence-corrected chi connectivity index (χ1v) is 14.1. The summed E-state index contributed by atoms with van der Waals surface area (Å²) in [5.74, 6) is 1.62. The smallest absolute Gasteiger partial charge is 0.254 e. The molecule has 4 aliphatic rings. The number of aromatic nitrogens is 3. The van der Waals surface area contributed by atoms with Crippen molar-refractivity contribution in [1.29, 1.82) is 0 Å². The predicted octanol–water partition coefficient (Wildman–Crippen LogP) is 3.85. The zero-order chi connectivity index (χ0) is 24.8. The number of aryl methyl sites for hydroxylation is 4. The van der Waals surface area contributed by atoms with Crippen LogP contribution in [-0.4, -0.2) is 51.0 Å². The molecular weight excluding hydrogens is 450 g/mol. The third-order valence-electron chi connectivity index (χ3n) is 9.37. The quantitative estimate of drug-likeness (QED) is 0.685. The molecule has 192 valence electrons. The maximum atomic E-state index is 13.6. The molecule has 7 nitrogen and oxygen atoms in total. The second-order valence-electron chi connectivity index (χ2n) is 11.7. The number of rotatable bonds is 3. The Kier molecular flexibility index (Phi) is 6.34. The number of carbonyl (C=O) groups is 2. The molecule has 36 heavy (non-hydrogen) atoms. The summed E-state index contributed by atoms with van der Waals surface area (Å²) in [7, 11) is 0. The highest BCUT2D eigenvalue weighted by molar-refractivity contribution is 5.96. The molecule has 0 spiro atoms. The number of piperidine rings is 1. The number of hydrogen-bond acceptors (Lipinski definition) is 4. The van der Waals surface area contributed by atoms with Gasteiger partial charge in [0, 0.05) is 47.7 Å². The van der Waals surface area contributed by atoms with Crippen molar-refractivity contribution in [2.45, 2.75) is 90.5 Å². The molecule has 1 saturated carbocycles. The molecule has 2 fully saturated rings. The number of hydrogen-bond donors (Lipinski definition) is 2. The summed E-state index contributed by atoms with van der Waals surface area (Å²) in [6, 6.07) is 2.28. The fraction of sp³-hybridized carbons (Fsp3) is 0.655. The van der Waals surface area contributed by atoms with E-state index in [-0.39, 0.29) is 23.8 Å². The molecule has 4 atom stereocenters. The molecule has 0 radical (unpaired) electrons. The SMILES string of the molecule is Cc1cc(C(=O)N2CCC3CC(NC(=O)C4CCc5n[nH]c(C)c5C4)CCC3C2)c2c(n1)CCCC2. The van der Waals surface area contributed by atoms with Gasteiger partial charge in [0.05, 0.1) is 5.69 Å². The Hall–Kier alpha value is -2.70. The molecular formula is C29H39N5O2. The minimum atomic E-state index is 0.0562. The van der Waals surface area contributed by atoms with Crippen LogP contribution < -0.4 is 5.32 Å². The highest BCUT2D eigenvalue weighted by Gasteiger charge is 2.38. The zero-order valence-corrected chi connectivity index (χ0v) is 21.7. The summed E-state index contributed by atoms with van der Waals surface area (Å²) in [6.07, 6.45) is 11.1. The predicted molar refractivity (Wildman–Crippen MR) is 138 cm³/mol. The number of pyridine rings is 1. The van der Waals surface area contributed by atoms with E-state index in [1.165, 1.54) is 17.5 Å². The molecule has 0 aromatic carbocycles. The largest absolute Gasteiger partial charge is 0.353 e. The first-order valence-electron chi connectivity index (χ1n) is 14.1. The minimum absolute atomic E-state index is 0.0562. The Morgan fingerprint density at radius 3 is 2.75 bits per heavy atom. The molecule has 2 N–H and O–H groups in total. The van der Waals surface area contributed by atoms with Crippen LogP contribution in [-0.2, 0) is 30.5 Å². The van der Waals surface area contributed by atoms with Gasteiger partial charge >= 0.3 is 0 Å². The van der Waals surface area contributed by atoms with Crippen LogP contribution in [0, 0.1) is 31.6 Å². The summed E-state index contributed by atoms with van der Waals surface area (Å²) in [4.78, 5) is 33.6. The summed E-state index contributed by atoms with van der Waals surface area (Å²) in [5, 5.41) is 10.9. The lowest BCUT2D eigenvalue weighted by Crippen LogP contribution is -2.50. The van der Waals surface area contributed by atoms with Crippen molar-refractivity contribution in [2.75, 3.05) is 13.1 Å².